The average Bonchev–Trinajstić information content (AvgIpc) is 3.09. The number of nitrogens with zero attached hydrogens (tertiary/aromatic N) is 3. The zero-order valence-electron chi connectivity index (χ0n) is 13.4. The molecule has 3 aromatic rings. The van der Waals surface area contributed by atoms with Crippen LogP contribution in [0.2, 0.25) is 10.0 Å². The van der Waals surface area contributed by atoms with Crippen LogP contribution in [-0.4, -0.2) is 27.5 Å². The molecule has 1 amide bonds. The van der Waals surface area contributed by atoms with Crippen molar-refractivity contribution in [3.63, 3.8) is 0 Å². The molecule has 0 fully saturated rings. The Morgan fingerprint density at radius 1 is 1.04 bits per heavy atom. The quantitative estimate of drug-likeness (QED) is 0.647. The van der Waals surface area contributed by atoms with Crippen LogP contribution in [0.4, 0.5) is 0 Å². The summed E-state index contributed by atoms with van der Waals surface area (Å²) >= 11 is 11.7. The van der Waals surface area contributed by atoms with Gasteiger partial charge in [0.1, 0.15) is 6.54 Å². The number of aromatic nitrogens is 2. The van der Waals surface area contributed by atoms with Crippen molar-refractivity contribution >= 4 is 29.1 Å². The zero-order chi connectivity index (χ0) is 17.8. The minimum absolute atomic E-state index is 0.120. The highest BCUT2D eigenvalue weighted by atomic mass is 35.5. The lowest BCUT2D eigenvalue weighted by Crippen LogP contribution is -2.30. The minimum Gasteiger partial charge on any atom is -0.337 e. The highest BCUT2D eigenvalue weighted by Crippen LogP contribution is 2.19. The first-order valence-corrected chi connectivity index (χ1v) is 8.45. The van der Waals surface area contributed by atoms with Crippen LogP contribution in [0.3, 0.4) is 0 Å². The standard InChI is InChI=1S/C18H15Cl2N3O2/c1-2-23(18(24)13-5-9-15(20)10-6-13)11-16-21-17(22-25-16)12-3-7-14(19)8-4-12/h3-10H,2,11H2,1H3. The molecule has 0 aliphatic carbocycles. The van der Waals surface area contributed by atoms with Gasteiger partial charge in [-0.05, 0) is 55.5 Å². The molecule has 0 radical (unpaired) electrons. The summed E-state index contributed by atoms with van der Waals surface area (Å²) in [5, 5.41) is 5.19. The molecule has 0 atom stereocenters. The molecule has 128 valence electrons. The highest BCUT2D eigenvalue weighted by Gasteiger charge is 2.18. The van der Waals surface area contributed by atoms with Crippen molar-refractivity contribution in [2.24, 2.45) is 0 Å². The maximum atomic E-state index is 12.6. The molecule has 0 saturated carbocycles. The molecule has 0 N–H and O–H groups in total. The zero-order valence-corrected chi connectivity index (χ0v) is 15.0. The summed E-state index contributed by atoms with van der Waals surface area (Å²) in [6.07, 6.45) is 0. The molecule has 0 spiro atoms. The second-order valence-corrected chi connectivity index (χ2v) is 6.22. The van der Waals surface area contributed by atoms with Gasteiger partial charge in [-0.3, -0.25) is 4.79 Å². The first kappa shape index (κ1) is 17.5. The predicted molar refractivity (Wildman–Crippen MR) is 96.6 cm³/mol. The van der Waals surface area contributed by atoms with E-state index in [0.717, 1.165) is 5.56 Å². The number of amides is 1. The largest absolute Gasteiger partial charge is 0.337 e. The van der Waals surface area contributed by atoms with E-state index in [0.29, 0.717) is 33.9 Å². The number of carbonyl (C=O) groups excluding carboxylic acids is 1. The average molecular weight is 376 g/mol. The molecule has 3 rings (SSSR count). The van der Waals surface area contributed by atoms with Gasteiger partial charge in [0.2, 0.25) is 11.7 Å². The van der Waals surface area contributed by atoms with Gasteiger partial charge in [-0.25, -0.2) is 0 Å². The fourth-order valence-electron chi connectivity index (χ4n) is 2.30. The molecule has 5 nitrogen and oxygen atoms in total. The molecule has 2 aromatic carbocycles. The van der Waals surface area contributed by atoms with E-state index in [2.05, 4.69) is 10.1 Å². The number of hydrogen-bond acceptors (Lipinski definition) is 4. The van der Waals surface area contributed by atoms with E-state index < -0.39 is 0 Å². The van der Waals surface area contributed by atoms with Crippen molar-refractivity contribution in [2.75, 3.05) is 6.54 Å². The number of halogens is 2. The number of benzene rings is 2. The van der Waals surface area contributed by atoms with E-state index in [1.807, 2.05) is 19.1 Å². The maximum Gasteiger partial charge on any atom is 0.254 e. The summed E-state index contributed by atoms with van der Waals surface area (Å²) in [6.45, 7) is 2.64. The van der Waals surface area contributed by atoms with Crippen molar-refractivity contribution < 1.29 is 9.32 Å². The fourth-order valence-corrected chi connectivity index (χ4v) is 2.55. The van der Waals surface area contributed by atoms with E-state index in [1.165, 1.54) is 0 Å². The van der Waals surface area contributed by atoms with Gasteiger partial charge in [-0.15, -0.1) is 0 Å². The Hall–Kier alpha value is -2.37. The van der Waals surface area contributed by atoms with Gasteiger partial charge in [0.15, 0.2) is 0 Å². The van der Waals surface area contributed by atoms with Crippen LogP contribution < -0.4 is 0 Å². The van der Waals surface area contributed by atoms with Crippen molar-refractivity contribution in [1.82, 2.24) is 15.0 Å². The van der Waals surface area contributed by atoms with E-state index in [9.17, 15) is 4.79 Å². The predicted octanol–water partition coefficient (Wildman–Crippen LogP) is 4.71. The monoisotopic (exact) mass is 375 g/mol. The highest BCUT2D eigenvalue weighted by molar-refractivity contribution is 6.30. The van der Waals surface area contributed by atoms with Gasteiger partial charge in [-0.1, -0.05) is 28.4 Å². The van der Waals surface area contributed by atoms with Crippen LogP contribution in [0, 0.1) is 0 Å². The third-order valence-corrected chi connectivity index (χ3v) is 4.16. The number of carbonyl (C=O) groups is 1. The molecular weight excluding hydrogens is 361 g/mol. The summed E-state index contributed by atoms with van der Waals surface area (Å²) in [5.74, 6) is 0.709. The first-order valence-electron chi connectivity index (χ1n) is 7.70. The Balaban J connectivity index is 1.75. The Morgan fingerprint density at radius 3 is 2.24 bits per heavy atom. The van der Waals surface area contributed by atoms with E-state index in [-0.39, 0.29) is 12.5 Å². The summed E-state index contributed by atoms with van der Waals surface area (Å²) < 4.78 is 5.28. The SMILES string of the molecule is CCN(Cc1nc(-c2ccc(Cl)cc2)no1)C(=O)c1ccc(Cl)cc1. The van der Waals surface area contributed by atoms with E-state index >= 15 is 0 Å². The van der Waals surface area contributed by atoms with Crippen LogP contribution in [0.1, 0.15) is 23.2 Å². The maximum absolute atomic E-state index is 12.6. The van der Waals surface area contributed by atoms with Gasteiger partial charge in [0.25, 0.3) is 5.91 Å². The molecule has 0 bridgehead atoms. The third-order valence-electron chi connectivity index (χ3n) is 3.66. The van der Waals surface area contributed by atoms with Crippen molar-refractivity contribution in [1.29, 1.82) is 0 Å². The molecule has 25 heavy (non-hydrogen) atoms. The van der Waals surface area contributed by atoms with Crippen molar-refractivity contribution in [3.8, 4) is 11.4 Å². The van der Waals surface area contributed by atoms with Crippen molar-refractivity contribution in [2.45, 2.75) is 13.5 Å². The van der Waals surface area contributed by atoms with E-state index in [4.69, 9.17) is 27.7 Å². The second kappa shape index (κ2) is 7.68. The summed E-state index contributed by atoms with van der Waals surface area (Å²) in [7, 11) is 0. The Morgan fingerprint density at radius 2 is 1.64 bits per heavy atom. The first-order chi connectivity index (χ1) is 12.1. The van der Waals surface area contributed by atoms with Crippen LogP contribution in [-0.2, 0) is 6.54 Å². The summed E-state index contributed by atoms with van der Waals surface area (Å²) in [5.41, 5.74) is 1.36. The van der Waals surface area contributed by atoms with Crippen LogP contribution in [0.25, 0.3) is 11.4 Å². The second-order valence-electron chi connectivity index (χ2n) is 5.34. The Bertz CT molecular complexity index is 861. The van der Waals surface area contributed by atoms with Crippen LogP contribution in [0.15, 0.2) is 53.1 Å². The Kier molecular flexibility index (Phi) is 5.36. The van der Waals surface area contributed by atoms with Gasteiger partial charge < -0.3 is 9.42 Å². The van der Waals surface area contributed by atoms with Gasteiger partial charge in [0.05, 0.1) is 0 Å². The molecule has 1 aromatic heterocycles. The molecule has 1 heterocycles. The van der Waals surface area contributed by atoms with Gasteiger partial charge in [0, 0.05) is 27.7 Å². The normalized spacial score (nSPS) is 10.7. The third kappa shape index (κ3) is 4.18. The molecular formula is C18H15Cl2N3O2. The minimum atomic E-state index is -0.120. The summed E-state index contributed by atoms with van der Waals surface area (Å²) in [6, 6.07) is 13.9. The van der Waals surface area contributed by atoms with Crippen molar-refractivity contribution in [3.05, 3.63) is 70.0 Å². The summed E-state index contributed by atoms with van der Waals surface area (Å²) in [4.78, 5) is 18.6. The van der Waals surface area contributed by atoms with Crippen LogP contribution in [0.5, 0.6) is 0 Å². The number of rotatable bonds is 5. The number of hydrogen-bond donors (Lipinski definition) is 0. The molecule has 0 aliphatic heterocycles. The van der Waals surface area contributed by atoms with Crippen LogP contribution >= 0.6 is 23.2 Å². The fraction of sp³-hybridized carbons (Fsp3) is 0.167. The molecule has 0 aliphatic rings. The molecule has 0 unspecified atom stereocenters. The lowest BCUT2D eigenvalue weighted by Gasteiger charge is -2.18. The lowest BCUT2D eigenvalue weighted by molar-refractivity contribution is 0.0734. The molecule has 0 saturated heterocycles. The van der Waals surface area contributed by atoms with E-state index in [1.54, 1.807) is 41.3 Å². The molecule has 7 heteroatoms. The smallest absolute Gasteiger partial charge is 0.254 e. The lowest BCUT2D eigenvalue weighted by atomic mass is 10.2. The van der Waals surface area contributed by atoms with Gasteiger partial charge >= 0.3 is 0 Å². The van der Waals surface area contributed by atoms with Gasteiger partial charge in [-0.2, -0.15) is 4.98 Å². The topological polar surface area (TPSA) is 59.2 Å². The Labute approximate surface area is 155 Å².